The summed E-state index contributed by atoms with van der Waals surface area (Å²) in [5.41, 5.74) is 6.40. The van der Waals surface area contributed by atoms with Gasteiger partial charge in [0, 0.05) is 5.69 Å². The maximum absolute atomic E-state index is 10.5. The minimum atomic E-state index is -0.603. The number of urea groups is 1. The first-order chi connectivity index (χ1) is 6.22. The summed E-state index contributed by atoms with van der Waals surface area (Å²) < 4.78 is 0. The minimum Gasteiger partial charge on any atom is -0.351 e. The average molecular weight is 175 g/mol. The highest BCUT2D eigenvalue weighted by Gasteiger charge is 1.96. The quantitative estimate of drug-likeness (QED) is 0.709. The van der Waals surface area contributed by atoms with Crippen LogP contribution in [0.4, 0.5) is 10.5 Å². The Hall–Kier alpha value is -2.02. The number of hydrogen-bond acceptors (Lipinski definition) is 2. The first-order valence-corrected chi connectivity index (χ1v) is 3.74. The van der Waals surface area contributed by atoms with Crippen LogP contribution < -0.4 is 11.1 Å². The highest BCUT2D eigenvalue weighted by Crippen LogP contribution is 2.10. The first kappa shape index (κ1) is 9.07. The molecule has 2 amide bonds. The van der Waals surface area contributed by atoms with Crippen molar-refractivity contribution in [2.45, 2.75) is 6.42 Å². The van der Waals surface area contributed by atoms with Gasteiger partial charge >= 0.3 is 6.03 Å². The number of nitrogens with two attached hydrogens (primary N) is 1. The maximum Gasteiger partial charge on any atom is 0.316 e. The largest absolute Gasteiger partial charge is 0.351 e. The molecule has 0 fully saturated rings. The van der Waals surface area contributed by atoms with Gasteiger partial charge in [0.15, 0.2) is 0 Å². The van der Waals surface area contributed by atoms with Gasteiger partial charge in [-0.1, -0.05) is 12.1 Å². The smallest absolute Gasteiger partial charge is 0.316 e. The molecule has 0 saturated heterocycles. The van der Waals surface area contributed by atoms with Crippen LogP contribution in [0.15, 0.2) is 24.3 Å². The Kier molecular flexibility index (Phi) is 2.87. The molecule has 0 bridgehead atoms. The second-order valence-corrected chi connectivity index (χ2v) is 2.52. The number of carbonyl (C=O) groups excluding carboxylic acids is 1. The van der Waals surface area contributed by atoms with Crippen LogP contribution in [0.3, 0.4) is 0 Å². The number of benzene rings is 1. The summed E-state index contributed by atoms with van der Waals surface area (Å²) in [5.74, 6) is 0. The fourth-order valence-corrected chi connectivity index (χ4v) is 0.993. The van der Waals surface area contributed by atoms with E-state index in [0.29, 0.717) is 12.1 Å². The number of nitrogens with zero attached hydrogens (tertiary/aromatic N) is 1. The van der Waals surface area contributed by atoms with Crippen LogP contribution >= 0.6 is 0 Å². The fraction of sp³-hybridized carbons (Fsp3) is 0.111. The molecule has 0 saturated carbocycles. The Balaban J connectivity index is 2.80. The van der Waals surface area contributed by atoms with Gasteiger partial charge < -0.3 is 11.1 Å². The number of nitriles is 1. The van der Waals surface area contributed by atoms with Crippen LogP contribution in [0.2, 0.25) is 0 Å². The molecule has 0 unspecified atom stereocenters. The van der Waals surface area contributed by atoms with E-state index >= 15 is 0 Å². The molecule has 0 spiro atoms. The van der Waals surface area contributed by atoms with Crippen molar-refractivity contribution in [3.63, 3.8) is 0 Å². The SMILES string of the molecule is N#CCc1cccc(NC(N)=O)c1. The lowest BCUT2D eigenvalue weighted by Gasteiger charge is -2.02. The molecular formula is C9H9N3O. The Labute approximate surface area is 76.0 Å². The van der Waals surface area contributed by atoms with Gasteiger partial charge in [-0.15, -0.1) is 0 Å². The molecule has 0 atom stereocenters. The summed E-state index contributed by atoms with van der Waals surface area (Å²) in [5, 5.41) is 10.9. The third-order valence-corrected chi connectivity index (χ3v) is 1.48. The number of carbonyl (C=O) groups is 1. The van der Waals surface area contributed by atoms with Crippen LogP contribution in [0.5, 0.6) is 0 Å². The first-order valence-electron chi connectivity index (χ1n) is 3.74. The van der Waals surface area contributed by atoms with Crippen LogP contribution in [-0.4, -0.2) is 6.03 Å². The van der Waals surface area contributed by atoms with Gasteiger partial charge in [0.1, 0.15) is 0 Å². The van der Waals surface area contributed by atoms with Gasteiger partial charge in [0.2, 0.25) is 0 Å². The fourth-order valence-electron chi connectivity index (χ4n) is 0.993. The van der Waals surface area contributed by atoms with Gasteiger partial charge in [-0.3, -0.25) is 0 Å². The molecule has 0 aliphatic rings. The lowest BCUT2D eigenvalue weighted by atomic mass is 10.1. The van der Waals surface area contributed by atoms with Gasteiger partial charge in [-0.25, -0.2) is 4.79 Å². The van der Waals surface area contributed by atoms with E-state index in [9.17, 15) is 4.79 Å². The lowest BCUT2D eigenvalue weighted by molar-refractivity contribution is 0.259. The molecule has 0 aliphatic carbocycles. The zero-order chi connectivity index (χ0) is 9.68. The monoisotopic (exact) mass is 175 g/mol. The van der Waals surface area contributed by atoms with E-state index in [-0.39, 0.29) is 0 Å². The van der Waals surface area contributed by atoms with E-state index in [2.05, 4.69) is 5.32 Å². The minimum absolute atomic E-state index is 0.328. The molecule has 3 N–H and O–H groups in total. The van der Waals surface area contributed by atoms with E-state index in [0.717, 1.165) is 5.56 Å². The molecular weight excluding hydrogens is 166 g/mol. The molecule has 4 heteroatoms. The molecule has 0 radical (unpaired) electrons. The Morgan fingerprint density at radius 2 is 2.38 bits per heavy atom. The number of anilines is 1. The Morgan fingerprint density at radius 1 is 1.62 bits per heavy atom. The highest BCUT2D eigenvalue weighted by molar-refractivity contribution is 5.87. The third-order valence-electron chi connectivity index (χ3n) is 1.48. The standard InChI is InChI=1S/C9H9N3O/c10-5-4-7-2-1-3-8(6-7)12-9(11)13/h1-3,6H,4H2,(H3,11,12,13). The van der Waals surface area contributed by atoms with Crippen molar-refractivity contribution < 1.29 is 4.79 Å². The highest BCUT2D eigenvalue weighted by atomic mass is 16.2. The van der Waals surface area contributed by atoms with E-state index < -0.39 is 6.03 Å². The van der Waals surface area contributed by atoms with Crippen molar-refractivity contribution >= 4 is 11.7 Å². The maximum atomic E-state index is 10.5. The van der Waals surface area contributed by atoms with Crippen LogP contribution in [0, 0.1) is 11.3 Å². The number of nitrogens with one attached hydrogen (secondary N) is 1. The summed E-state index contributed by atoms with van der Waals surface area (Å²) in [7, 11) is 0. The molecule has 0 aliphatic heterocycles. The molecule has 0 aromatic heterocycles. The predicted molar refractivity (Wildman–Crippen MR) is 49.0 cm³/mol. The normalized spacial score (nSPS) is 8.85. The van der Waals surface area contributed by atoms with Crippen molar-refractivity contribution in [2.24, 2.45) is 5.73 Å². The topological polar surface area (TPSA) is 78.9 Å². The number of amides is 2. The molecule has 0 heterocycles. The van der Waals surface area contributed by atoms with Crippen molar-refractivity contribution in [1.82, 2.24) is 0 Å². The summed E-state index contributed by atoms with van der Waals surface area (Å²) in [6, 6.07) is 8.42. The third kappa shape index (κ3) is 2.83. The van der Waals surface area contributed by atoms with Crippen molar-refractivity contribution in [3.05, 3.63) is 29.8 Å². The Bertz CT molecular complexity index is 354. The number of primary amides is 1. The van der Waals surface area contributed by atoms with Crippen molar-refractivity contribution in [3.8, 4) is 6.07 Å². The molecule has 4 nitrogen and oxygen atoms in total. The predicted octanol–water partition coefficient (Wildman–Crippen LogP) is 1.24. The molecule has 1 aromatic rings. The van der Waals surface area contributed by atoms with Crippen LogP contribution in [-0.2, 0) is 6.42 Å². The number of hydrogen-bond donors (Lipinski definition) is 2. The number of rotatable bonds is 2. The second-order valence-electron chi connectivity index (χ2n) is 2.52. The molecule has 1 aromatic carbocycles. The zero-order valence-electron chi connectivity index (χ0n) is 6.95. The van der Waals surface area contributed by atoms with Gasteiger partial charge in [0.25, 0.3) is 0 Å². The van der Waals surface area contributed by atoms with Gasteiger partial charge in [0.05, 0.1) is 12.5 Å². The summed E-state index contributed by atoms with van der Waals surface area (Å²) >= 11 is 0. The van der Waals surface area contributed by atoms with Crippen LogP contribution in [0.1, 0.15) is 5.56 Å². The lowest BCUT2D eigenvalue weighted by Crippen LogP contribution is -2.19. The summed E-state index contributed by atoms with van der Waals surface area (Å²) in [6.45, 7) is 0. The molecule has 1 rings (SSSR count). The van der Waals surface area contributed by atoms with E-state index in [1.165, 1.54) is 0 Å². The summed E-state index contributed by atoms with van der Waals surface area (Å²) in [6.07, 6.45) is 0.328. The van der Waals surface area contributed by atoms with E-state index in [4.69, 9.17) is 11.0 Å². The molecule has 66 valence electrons. The molecule has 13 heavy (non-hydrogen) atoms. The van der Waals surface area contributed by atoms with Crippen LogP contribution in [0.25, 0.3) is 0 Å². The average Bonchev–Trinajstić information content (AvgIpc) is 2.04. The van der Waals surface area contributed by atoms with Crippen molar-refractivity contribution in [2.75, 3.05) is 5.32 Å². The summed E-state index contributed by atoms with van der Waals surface area (Å²) in [4.78, 5) is 10.5. The van der Waals surface area contributed by atoms with Crippen molar-refractivity contribution in [1.29, 1.82) is 5.26 Å². The zero-order valence-corrected chi connectivity index (χ0v) is 6.95. The van der Waals surface area contributed by atoms with E-state index in [1.807, 2.05) is 12.1 Å². The second kappa shape index (κ2) is 4.12. The van der Waals surface area contributed by atoms with Gasteiger partial charge in [-0.2, -0.15) is 5.26 Å². The van der Waals surface area contributed by atoms with E-state index in [1.54, 1.807) is 18.2 Å². The van der Waals surface area contributed by atoms with Gasteiger partial charge in [-0.05, 0) is 17.7 Å². The Morgan fingerprint density at radius 3 is 3.00 bits per heavy atom.